The molecule has 1 N–H and O–H groups in total. The van der Waals surface area contributed by atoms with Crippen molar-refractivity contribution in [2.24, 2.45) is 0 Å². The van der Waals surface area contributed by atoms with Crippen LogP contribution < -0.4 is 5.32 Å². The van der Waals surface area contributed by atoms with Crippen LogP contribution in [0, 0.1) is 6.92 Å². The van der Waals surface area contributed by atoms with Crippen LogP contribution in [-0.2, 0) is 17.5 Å². The average Bonchev–Trinajstić information content (AvgIpc) is 3.06. The van der Waals surface area contributed by atoms with E-state index in [-0.39, 0.29) is 10.9 Å². The predicted octanol–water partition coefficient (Wildman–Crippen LogP) is 3.78. The summed E-state index contributed by atoms with van der Waals surface area (Å²) in [5.41, 5.74) is 1.11. The van der Waals surface area contributed by atoms with Gasteiger partial charge in [-0.3, -0.25) is 4.79 Å². The molecule has 146 valence electrons. The molecule has 28 heavy (non-hydrogen) atoms. The molecule has 1 amide bonds. The zero-order chi connectivity index (χ0) is 20.1. The van der Waals surface area contributed by atoms with Crippen LogP contribution in [0.2, 0.25) is 0 Å². The fourth-order valence-electron chi connectivity index (χ4n) is 2.43. The molecule has 0 bridgehead atoms. The Morgan fingerprint density at radius 2 is 2.04 bits per heavy atom. The van der Waals surface area contributed by atoms with Gasteiger partial charge in [0.25, 0.3) is 0 Å². The fourth-order valence-corrected chi connectivity index (χ4v) is 3.06. The summed E-state index contributed by atoms with van der Waals surface area (Å²) in [7, 11) is 0. The van der Waals surface area contributed by atoms with E-state index in [2.05, 4.69) is 20.4 Å². The molecule has 2 heterocycles. The molecule has 0 aliphatic heterocycles. The van der Waals surface area contributed by atoms with E-state index in [0.717, 1.165) is 35.2 Å². The molecule has 3 aromatic rings. The van der Waals surface area contributed by atoms with Crippen molar-refractivity contribution in [3.8, 4) is 0 Å². The van der Waals surface area contributed by atoms with Crippen LogP contribution in [0.5, 0.6) is 0 Å². The van der Waals surface area contributed by atoms with Gasteiger partial charge in [0.05, 0.1) is 18.5 Å². The van der Waals surface area contributed by atoms with Crippen molar-refractivity contribution in [1.29, 1.82) is 0 Å². The molecule has 1 aromatic carbocycles. The summed E-state index contributed by atoms with van der Waals surface area (Å²) in [6.45, 7) is 2.47. The van der Waals surface area contributed by atoms with Gasteiger partial charge in [0.1, 0.15) is 11.5 Å². The normalized spacial score (nSPS) is 11.4. The third kappa shape index (κ3) is 5.32. The maximum Gasteiger partial charge on any atom is 0.433 e. The van der Waals surface area contributed by atoms with Crippen molar-refractivity contribution in [3.63, 3.8) is 0 Å². The number of benzene rings is 1. The molecule has 0 unspecified atom stereocenters. The number of anilines is 1. The smallest absolute Gasteiger partial charge is 0.310 e. The fraction of sp³-hybridized carbons (Fsp3) is 0.222. The first-order valence-electron chi connectivity index (χ1n) is 8.21. The van der Waals surface area contributed by atoms with Gasteiger partial charge >= 0.3 is 6.18 Å². The number of hydrogen-bond donors (Lipinski definition) is 1. The highest BCUT2D eigenvalue weighted by atomic mass is 32.2. The molecule has 10 heteroatoms. The lowest BCUT2D eigenvalue weighted by Crippen LogP contribution is -2.18. The average molecular weight is 407 g/mol. The van der Waals surface area contributed by atoms with Crippen LogP contribution in [-0.4, -0.2) is 31.4 Å². The summed E-state index contributed by atoms with van der Waals surface area (Å²) in [6, 6.07) is 10.4. The minimum atomic E-state index is -4.55. The summed E-state index contributed by atoms with van der Waals surface area (Å²) in [6.07, 6.45) is -1.97. The number of amides is 1. The third-order valence-corrected chi connectivity index (χ3v) is 4.52. The monoisotopic (exact) mass is 407 g/mol. The van der Waals surface area contributed by atoms with Crippen molar-refractivity contribution in [1.82, 2.24) is 19.7 Å². The number of nitrogens with one attached hydrogen (secondary N) is 1. The van der Waals surface area contributed by atoms with Crippen LogP contribution in [0.25, 0.3) is 0 Å². The second-order valence-corrected chi connectivity index (χ2v) is 6.86. The van der Waals surface area contributed by atoms with Crippen molar-refractivity contribution >= 4 is 23.5 Å². The van der Waals surface area contributed by atoms with Gasteiger partial charge in [-0.25, -0.2) is 14.6 Å². The number of nitrogens with zero attached hydrogens (tertiary/aromatic N) is 4. The Morgan fingerprint density at radius 1 is 1.21 bits per heavy atom. The molecule has 2 aromatic heterocycles. The summed E-state index contributed by atoms with van der Waals surface area (Å²) < 4.78 is 39.7. The highest BCUT2D eigenvalue weighted by Crippen LogP contribution is 2.28. The Morgan fingerprint density at radius 3 is 2.79 bits per heavy atom. The van der Waals surface area contributed by atoms with Crippen LogP contribution in [0.4, 0.5) is 19.0 Å². The zero-order valence-electron chi connectivity index (χ0n) is 14.8. The Hall–Kier alpha value is -2.88. The van der Waals surface area contributed by atoms with Gasteiger partial charge in [-0.1, -0.05) is 41.6 Å². The summed E-state index contributed by atoms with van der Waals surface area (Å²) in [5.74, 6) is -0.0224. The topological polar surface area (TPSA) is 72.7 Å². The van der Waals surface area contributed by atoms with Gasteiger partial charge in [-0.15, -0.1) is 0 Å². The second-order valence-electron chi connectivity index (χ2n) is 5.92. The molecule has 3 rings (SSSR count). The SMILES string of the molecule is Cc1cccc(Cn2nccc2NC(=O)CSc2nccc(C(F)(F)F)n2)c1. The molecule has 0 radical (unpaired) electrons. The quantitative estimate of drug-likeness (QED) is 0.497. The van der Waals surface area contributed by atoms with E-state index in [0.29, 0.717) is 12.4 Å². The van der Waals surface area contributed by atoms with E-state index in [9.17, 15) is 18.0 Å². The number of rotatable bonds is 6. The molecule has 0 saturated carbocycles. The Kier molecular flexibility index (Phi) is 5.98. The Bertz CT molecular complexity index is 974. The number of carbonyl (C=O) groups is 1. The molecule has 0 saturated heterocycles. The van der Waals surface area contributed by atoms with E-state index in [4.69, 9.17) is 0 Å². The lowest BCUT2D eigenvalue weighted by atomic mass is 10.1. The number of hydrogen-bond acceptors (Lipinski definition) is 5. The van der Waals surface area contributed by atoms with E-state index in [1.54, 1.807) is 16.9 Å². The first-order valence-corrected chi connectivity index (χ1v) is 9.20. The molecular weight excluding hydrogens is 391 g/mol. The summed E-state index contributed by atoms with van der Waals surface area (Å²) in [5, 5.41) is 6.79. The van der Waals surface area contributed by atoms with Gasteiger partial charge in [-0.2, -0.15) is 18.3 Å². The van der Waals surface area contributed by atoms with Crippen LogP contribution in [0.3, 0.4) is 0 Å². The number of aromatic nitrogens is 4. The Labute approximate surface area is 163 Å². The van der Waals surface area contributed by atoms with E-state index in [1.165, 1.54) is 0 Å². The summed E-state index contributed by atoms with van der Waals surface area (Å²) in [4.78, 5) is 19.4. The lowest BCUT2D eigenvalue weighted by Gasteiger charge is -2.10. The molecule has 0 atom stereocenters. The van der Waals surface area contributed by atoms with Gasteiger partial charge in [0.15, 0.2) is 5.16 Å². The van der Waals surface area contributed by atoms with Crippen LogP contribution in [0.1, 0.15) is 16.8 Å². The van der Waals surface area contributed by atoms with Crippen LogP contribution >= 0.6 is 11.8 Å². The molecule has 0 aliphatic carbocycles. The van der Waals surface area contributed by atoms with E-state index < -0.39 is 17.8 Å². The number of alkyl halides is 3. The van der Waals surface area contributed by atoms with Gasteiger partial charge in [0, 0.05) is 12.3 Å². The first-order chi connectivity index (χ1) is 13.3. The minimum Gasteiger partial charge on any atom is -0.310 e. The maximum atomic E-state index is 12.7. The largest absolute Gasteiger partial charge is 0.433 e. The Balaban J connectivity index is 1.60. The number of halogens is 3. The lowest BCUT2D eigenvalue weighted by molar-refractivity contribution is -0.141. The minimum absolute atomic E-state index is 0.113. The standard InChI is InChI=1S/C18H16F3N5OS/c1-12-3-2-4-13(9-12)10-26-15(6-8-23-26)25-16(27)11-28-17-22-7-5-14(24-17)18(19,20)21/h2-9H,10-11H2,1H3,(H,25,27). The van der Waals surface area contributed by atoms with Gasteiger partial charge < -0.3 is 5.32 Å². The highest BCUT2D eigenvalue weighted by Gasteiger charge is 2.32. The van der Waals surface area contributed by atoms with Crippen LogP contribution in [0.15, 0.2) is 53.9 Å². The predicted molar refractivity (Wildman–Crippen MR) is 98.9 cm³/mol. The van der Waals surface area contributed by atoms with Crippen molar-refractivity contribution in [2.75, 3.05) is 11.1 Å². The third-order valence-electron chi connectivity index (χ3n) is 3.66. The second kappa shape index (κ2) is 8.42. The van der Waals surface area contributed by atoms with Crippen molar-refractivity contribution in [2.45, 2.75) is 24.8 Å². The summed E-state index contributed by atoms with van der Waals surface area (Å²) >= 11 is 0.829. The number of carbonyl (C=O) groups excluding carboxylic acids is 1. The molecule has 0 spiro atoms. The molecule has 0 aliphatic rings. The van der Waals surface area contributed by atoms with E-state index >= 15 is 0 Å². The highest BCUT2D eigenvalue weighted by molar-refractivity contribution is 7.99. The maximum absolute atomic E-state index is 12.7. The zero-order valence-corrected chi connectivity index (χ0v) is 15.6. The first kappa shape index (κ1) is 19.9. The van der Waals surface area contributed by atoms with Gasteiger partial charge in [0.2, 0.25) is 5.91 Å². The van der Waals surface area contributed by atoms with Gasteiger partial charge in [-0.05, 0) is 18.6 Å². The number of aryl methyl sites for hydroxylation is 1. The molecule has 0 fully saturated rings. The molecule has 6 nitrogen and oxygen atoms in total. The van der Waals surface area contributed by atoms with Crippen molar-refractivity contribution < 1.29 is 18.0 Å². The molecular formula is C18H16F3N5OS. The van der Waals surface area contributed by atoms with Crippen molar-refractivity contribution in [3.05, 3.63) is 65.6 Å². The van der Waals surface area contributed by atoms with E-state index in [1.807, 2.05) is 31.2 Å². The number of thioether (sulfide) groups is 1.